The Morgan fingerprint density at radius 3 is 2.14 bits per heavy atom. The lowest BCUT2D eigenvalue weighted by molar-refractivity contribution is 0.0845. The number of hydrogen-bond donors (Lipinski definition) is 2. The molecule has 0 atom stereocenters. The Labute approximate surface area is 134 Å². The van der Waals surface area contributed by atoms with Crippen LogP contribution < -0.4 is 10.9 Å². The van der Waals surface area contributed by atoms with Gasteiger partial charge in [0.15, 0.2) is 0 Å². The van der Waals surface area contributed by atoms with Crippen molar-refractivity contribution in [3.8, 4) is 0 Å². The van der Waals surface area contributed by atoms with Crippen molar-refractivity contribution >= 4 is 23.6 Å². The van der Waals surface area contributed by atoms with E-state index in [1.54, 1.807) is 48.2 Å². The summed E-state index contributed by atoms with van der Waals surface area (Å²) in [6.07, 6.45) is 0. The van der Waals surface area contributed by atoms with Gasteiger partial charge < -0.3 is 0 Å². The van der Waals surface area contributed by atoms with Gasteiger partial charge in [0.05, 0.1) is 5.56 Å². The van der Waals surface area contributed by atoms with Crippen LogP contribution in [0, 0.1) is 0 Å². The van der Waals surface area contributed by atoms with Crippen LogP contribution in [0.3, 0.4) is 0 Å². The summed E-state index contributed by atoms with van der Waals surface area (Å²) >= 11 is 1.61. The number of benzene rings is 2. The lowest BCUT2D eigenvalue weighted by Crippen LogP contribution is -2.41. The number of carbonyl (C=O) groups is 2. The van der Waals surface area contributed by atoms with Gasteiger partial charge in [0.2, 0.25) is 0 Å². The van der Waals surface area contributed by atoms with Crippen molar-refractivity contribution in [2.45, 2.75) is 24.0 Å². The largest absolute Gasteiger partial charge is 0.270 e. The van der Waals surface area contributed by atoms with Crippen LogP contribution in [0.2, 0.25) is 0 Å². The highest BCUT2D eigenvalue weighted by molar-refractivity contribution is 8.00. The predicted octanol–water partition coefficient (Wildman–Crippen LogP) is 3.26. The van der Waals surface area contributed by atoms with Gasteiger partial charge in [0, 0.05) is 15.7 Å². The molecule has 0 saturated heterocycles. The van der Waals surface area contributed by atoms with Crippen LogP contribution >= 0.6 is 11.8 Å². The second-order valence-corrected chi connectivity index (χ2v) is 6.56. The van der Waals surface area contributed by atoms with Gasteiger partial charge in [-0.15, -0.1) is 11.8 Å². The van der Waals surface area contributed by atoms with Crippen LogP contribution in [0.5, 0.6) is 0 Å². The van der Waals surface area contributed by atoms with Gasteiger partial charge >= 0.3 is 0 Å². The number of amides is 2. The molecule has 0 heterocycles. The third kappa shape index (κ3) is 4.36. The predicted molar refractivity (Wildman–Crippen MR) is 88.8 cm³/mol. The second-order valence-electron chi connectivity index (χ2n) is 4.94. The van der Waals surface area contributed by atoms with Gasteiger partial charge in [-0.1, -0.05) is 44.2 Å². The van der Waals surface area contributed by atoms with Gasteiger partial charge in [-0.3, -0.25) is 20.4 Å². The maximum atomic E-state index is 12.2. The Morgan fingerprint density at radius 1 is 0.864 bits per heavy atom. The van der Waals surface area contributed by atoms with Crippen molar-refractivity contribution < 1.29 is 9.59 Å². The maximum Gasteiger partial charge on any atom is 0.270 e. The summed E-state index contributed by atoms with van der Waals surface area (Å²) < 4.78 is 0. The molecule has 4 nitrogen and oxygen atoms in total. The molecule has 2 N–H and O–H groups in total. The minimum Gasteiger partial charge on any atom is -0.267 e. The number of rotatable bonds is 4. The summed E-state index contributed by atoms with van der Waals surface area (Å²) in [4.78, 5) is 25.0. The smallest absolute Gasteiger partial charge is 0.267 e. The molecular weight excluding hydrogens is 296 g/mol. The molecule has 0 saturated carbocycles. The Balaban J connectivity index is 2.02. The van der Waals surface area contributed by atoms with Crippen LogP contribution in [0.25, 0.3) is 0 Å². The Morgan fingerprint density at radius 2 is 1.45 bits per heavy atom. The van der Waals surface area contributed by atoms with Gasteiger partial charge in [-0.05, 0) is 24.3 Å². The molecule has 2 rings (SSSR count). The lowest BCUT2D eigenvalue weighted by atomic mass is 10.2. The molecule has 0 bridgehead atoms. The lowest BCUT2D eigenvalue weighted by Gasteiger charge is -2.12. The van der Waals surface area contributed by atoms with E-state index >= 15 is 0 Å². The zero-order valence-electron chi connectivity index (χ0n) is 12.5. The molecule has 114 valence electrons. The van der Waals surface area contributed by atoms with E-state index in [1.165, 1.54) is 0 Å². The highest BCUT2D eigenvalue weighted by Gasteiger charge is 2.13. The molecule has 0 unspecified atom stereocenters. The van der Waals surface area contributed by atoms with Crippen molar-refractivity contribution in [1.82, 2.24) is 10.9 Å². The maximum absolute atomic E-state index is 12.2. The summed E-state index contributed by atoms with van der Waals surface area (Å²) in [5.41, 5.74) is 5.93. The van der Waals surface area contributed by atoms with Crippen LogP contribution in [-0.4, -0.2) is 17.1 Å². The molecule has 2 amide bonds. The Kier molecular flexibility index (Phi) is 5.61. The van der Waals surface area contributed by atoms with Crippen molar-refractivity contribution in [3.05, 3.63) is 65.7 Å². The normalized spacial score (nSPS) is 10.3. The number of nitrogens with one attached hydrogen (secondary N) is 2. The van der Waals surface area contributed by atoms with Crippen LogP contribution in [0.4, 0.5) is 0 Å². The van der Waals surface area contributed by atoms with Crippen molar-refractivity contribution in [1.29, 1.82) is 0 Å². The first-order valence-electron chi connectivity index (χ1n) is 6.99. The second kappa shape index (κ2) is 7.66. The molecule has 2 aromatic carbocycles. The molecular formula is C17H18N2O2S. The monoisotopic (exact) mass is 314 g/mol. The average Bonchev–Trinajstić information content (AvgIpc) is 2.53. The zero-order chi connectivity index (χ0) is 15.9. The molecule has 0 aliphatic heterocycles. The van der Waals surface area contributed by atoms with E-state index < -0.39 is 0 Å². The molecule has 2 aromatic rings. The molecule has 0 aliphatic rings. The third-order valence-corrected chi connectivity index (χ3v) is 3.90. The van der Waals surface area contributed by atoms with E-state index in [1.807, 2.05) is 18.2 Å². The van der Waals surface area contributed by atoms with Gasteiger partial charge in [0.1, 0.15) is 0 Å². The minimum absolute atomic E-state index is 0.326. The summed E-state index contributed by atoms with van der Waals surface area (Å²) in [5.74, 6) is -0.670. The summed E-state index contributed by atoms with van der Waals surface area (Å²) in [7, 11) is 0. The number of carbonyl (C=O) groups excluding carboxylic acids is 2. The standard InChI is InChI=1S/C17H18N2O2S/c1-12(2)22-15-11-7-6-10-14(15)17(21)19-18-16(20)13-8-4-3-5-9-13/h3-12H,1-2H3,(H,18,20)(H,19,21). The summed E-state index contributed by atoms with van der Waals surface area (Å²) in [6.45, 7) is 4.13. The van der Waals surface area contributed by atoms with Crippen molar-refractivity contribution in [2.24, 2.45) is 0 Å². The van der Waals surface area contributed by atoms with E-state index in [4.69, 9.17) is 0 Å². The van der Waals surface area contributed by atoms with Crippen molar-refractivity contribution in [2.75, 3.05) is 0 Å². The summed E-state index contributed by atoms with van der Waals surface area (Å²) in [6, 6.07) is 16.1. The first-order chi connectivity index (χ1) is 10.6. The van der Waals surface area contributed by atoms with E-state index in [0.29, 0.717) is 16.4 Å². The fourth-order valence-corrected chi connectivity index (χ4v) is 2.81. The number of hydrogen-bond acceptors (Lipinski definition) is 3. The SMILES string of the molecule is CC(C)Sc1ccccc1C(=O)NNC(=O)c1ccccc1. The van der Waals surface area contributed by atoms with Crippen molar-refractivity contribution in [3.63, 3.8) is 0 Å². The molecule has 0 aliphatic carbocycles. The highest BCUT2D eigenvalue weighted by atomic mass is 32.2. The fraction of sp³-hybridized carbons (Fsp3) is 0.176. The minimum atomic E-state index is -0.344. The molecule has 22 heavy (non-hydrogen) atoms. The van der Waals surface area contributed by atoms with E-state index in [9.17, 15) is 9.59 Å². The molecule has 0 aromatic heterocycles. The molecule has 0 fully saturated rings. The number of thioether (sulfide) groups is 1. The third-order valence-electron chi connectivity index (χ3n) is 2.82. The highest BCUT2D eigenvalue weighted by Crippen LogP contribution is 2.26. The topological polar surface area (TPSA) is 58.2 Å². The first kappa shape index (κ1) is 16.1. The quantitative estimate of drug-likeness (QED) is 0.673. The summed E-state index contributed by atoms with van der Waals surface area (Å²) in [5, 5.41) is 0.368. The van der Waals surface area contributed by atoms with Crippen LogP contribution in [0.15, 0.2) is 59.5 Å². The van der Waals surface area contributed by atoms with E-state index in [-0.39, 0.29) is 11.8 Å². The van der Waals surface area contributed by atoms with Gasteiger partial charge in [-0.25, -0.2) is 0 Å². The Bertz CT molecular complexity index is 657. The van der Waals surface area contributed by atoms with Gasteiger partial charge in [0.25, 0.3) is 11.8 Å². The molecule has 5 heteroatoms. The van der Waals surface area contributed by atoms with E-state index in [2.05, 4.69) is 24.7 Å². The fourth-order valence-electron chi connectivity index (χ4n) is 1.85. The van der Waals surface area contributed by atoms with Gasteiger partial charge in [-0.2, -0.15) is 0 Å². The zero-order valence-corrected chi connectivity index (χ0v) is 13.3. The number of hydrazine groups is 1. The average molecular weight is 314 g/mol. The van der Waals surface area contributed by atoms with Crippen LogP contribution in [-0.2, 0) is 0 Å². The van der Waals surface area contributed by atoms with E-state index in [0.717, 1.165) is 4.90 Å². The Hall–Kier alpha value is -2.27. The molecule has 0 spiro atoms. The van der Waals surface area contributed by atoms with Crippen LogP contribution in [0.1, 0.15) is 34.6 Å². The molecule has 0 radical (unpaired) electrons. The first-order valence-corrected chi connectivity index (χ1v) is 7.87.